The molecule has 7 nitrogen and oxygen atoms in total. The summed E-state index contributed by atoms with van der Waals surface area (Å²) in [5.41, 5.74) is 1.31. The summed E-state index contributed by atoms with van der Waals surface area (Å²) in [5, 5.41) is 0. The van der Waals surface area contributed by atoms with Crippen LogP contribution < -0.4 is 4.74 Å². The standard InChI is InChI=1S/C32H46O7/c1-9-27(36-18-22-10-14-24(35-8)15-11-22)32(19-38-31(5,6)39-32)25-16-12-23-13-17-26(30(23,3)4)29(37-20-34-7)28(33)21(25)2/h9-12,14-15,21,25-27,29H,1,13,16-20H2,2-8H3/t21-,25-,26?,27+,29+,32+/m0/s1. The molecule has 2 aliphatic carbocycles. The lowest BCUT2D eigenvalue weighted by Crippen LogP contribution is -2.56. The molecule has 6 atom stereocenters. The number of hydrogen-bond donors (Lipinski definition) is 0. The van der Waals surface area contributed by atoms with E-state index < -0.39 is 23.6 Å². The fourth-order valence-electron chi connectivity index (χ4n) is 6.87. The monoisotopic (exact) mass is 542 g/mol. The predicted molar refractivity (Wildman–Crippen MR) is 149 cm³/mol. The van der Waals surface area contributed by atoms with Crippen molar-refractivity contribution in [1.29, 1.82) is 0 Å². The molecule has 0 radical (unpaired) electrons. The molecular formula is C32H46O7. The number of rotatable bonds is 10. The lowest BCUT2D eigenvalue weighted by molar-refractivity contribution is -0.209. The number of fused-ring (bicyclic) bond motifs is 2. The van der Waals surface area contributed by atoms with Crippen LogP contribution in [-0.2, 0) is 35.1 Å². The van der Waals surface area contributed by atoms with Crippen LogP contribution in [-0.4, -0.2) is 57.0 Å². The maximum Gasteiger partial charge on any atom is 0.165 e. The topological polar surface area (TPSA) is 72.5 Å². The molecule has 39 heavy (non-hydrogen) atoms. The number of benzene rings is 1. The Kier molecular flexibility index (Phi) is 9.08. The molecule has 3 aliphatic rings. The van der Waals surface area contributed by atoms with Gasteiger partial charge in [0.25, 0.3) is 0 Å². The van der Waals surface area contributed by atoms with Crippen molar-refractivity contribution in [3.8, 4) is 5.75 Å². The molecule has 7 heteroatoms. The molecule has 1 heterocycles. The summed E-state index contributed by atoms with van der Waals surface area (Å²) in [5.74, 6) is -0.466. The molecule has 1 saturated carbocycles. The second-order valence-electron chi connectivity index (χ2n) is 12.2. The van der Waals surface area contributed by atoms with Crippen LogP contribution in [0.15, 0.2) is 48.6 Å². The van der Waals surface area contributed by atoms with E-state index in [1.165, 1.54) is 5.57 Å². The minimum absolute atomic E-state index is 0.0808. The van der Waals surface area contributed by atoms with Crippen molar-refractivity contribution in [3.63, 3.8) is 0 Å². The molecule has 4 rings (SSSR count). The van der Waals surface area contributed by atoms with E-state index in [0.29, 0.717) is 19.6 Å². The molecular weight excluding hydrogens is 496 g/mol. The molecule has 2 bridgehead atoms. The summed E-state index contributed by atoms with van der Waals surface area (Å²) < 4.78 is 36.2. The van der Waals surface area contributed by atoms with Gasteiger partial charge in [-0.3, -0.25) is 4.79 Å². The Hall–Kier alpha value is -2.03. The number of Topliss-reactive ketones (excluding diaryl/α,β-unsaturated/α-hetero) is 1. The number of ketones is 1. The van der Waals surface area contributed by atoms with E-state index in [4.69, 9.17) is 28.4 Å². The highest BCUT2D eigenvalue weighted by molar-refractivity contribution is 5.86. The minimum atomic E-state index is -0.913. The maximum atomic E-state index is 14.3. The smallest absolute Gasteiger partial charge is 0.165 e. The van der Waals surface area contributed by atoms with Crippen LogP contribution >= 0.6 is 0 Å². The summed E-state index contributed by atoms with van der Waals surface area (Å²) in [6.07, 6.45) is 5.61. The average Bonchev–Trinajstić information content (AvgIpc) is 3.40. The molecule has 0 amide bonds. The lowest BCUT2D eigenvalue weighted by atomic mass is 9.70. The SMILES string of the molecule is C=C[C@@H](OCc1ccc(OC)cc1)[C@]1([C@H]2CC=C3CCC([C@@H](OCOC)C(=O)[C@H]2C)C3(C)C)COC(C)(C)O1. The molecule has 1 aliphatic heterocycles. The fourth-order valence-corrected chi connectivity index (χ4v) is 6.87. The van der Waals surface area contributed by atoms with Crippen LogP contribution in [0, 0.1) is 23.2 Å². The molecule has 1 saturated heterocycles. The molecule has 2 fully saturated rings. The van der Waals surface area contributed by atoms with E-state index in [9.17, 15) is 4.79 Å². The average molecular weight is 543 g/mol. The van der Waals surface area contributed by atoms with Crippen LogP contribution in [0.1, 0.15) is 59.4 Å². The van der Waals surface area contributed by atoms with Gasteiger partial charge in [0.05, 0.1) is 20.3 Å². The van der Waals surface area contributed by atoms with Gasteiger partial charge >= 0.3 is 0 Å². The molecule has 1 aromatic carbocycles. The highest BCUT2D eigenvalue weighted by atomic mass is 16.8. The van der Waals surface area contributed by atoms with Gasteiger partial charge in [-0.25, -0.2) is 0 Å². The first-order chi connectivity index (χ1) is 18.5. The summed E-state index contributed by atoms with van der Waals surface area (Å²) in [7, 11) is 3.24. The quantitative estimate of drug-likeness (QED) is 0.271. The summed E-state index contributed by atoms with van der Waals surface area (Å²) in [6, 6.07) is 7.79. The zero-order chi connectivity index (χ0) is 28.4. The van der Waals surface area contributed by atoms with Crippen molar-refractivity contribution < 1.29 is 33.2 Å². The first-order valence-corrected chi connectivity index (χ1v) is 14.0. The van der Waals surface area contributed by atoms with Crippen molar-refractivity contribution in [3.05, 3.63) is 54.1 Å². The lowest BCUT2D eigenvalue weighted by Gasteiger charge is -2.44. The van der Waals surface area contributed by atoms with Crippen molar-refractivity contribution in [2.75, 3.05) is 27.6 Å². The molecule has 1 aromatic rings. The molecule has 0 aromatic heterocycles. The van der Waals surface area contributed by atoms with Crippen LogP contribution in [0.25, 0.3) is 0 Å². The number of ether oxygens (including phenoxy) is 6. The number of carbonyl (C=O) groups excluding carboxylic acids is 1. The highest BCUT2D eigenvalue weighted by Gasteiger charge is 2.59. The van der Waals surface area contributed by atoms with Crippen molar-refractivity contribution in [1.82, 2.24) is 0 Å². The number of methoxy groups -OCH3 is 2. The Bertz CT molecular complexity index is 1040. The Labute approximate surface area is 233 Å². The summed E-state index contributed by atoms with van der Waals surface area (Å²) in [4.78, 5) is 14.3. The van der Waals surface area contributed by atoms with Gasteiger partial charge in [-0.2, -0.15) is 0 Å². The van der Waals surface area contributed by atoms with Gasteiger partial charge in [-0.15, -0.1) is 6.58 Å². The van der Waals surface area contributed by atoms with E-state index >= 15 is 0 Å². The van der Waals surface area contributed by atoms with Crippen LogP contribution in [0.5, 0.6) is 5.75 Å². The fraction of sp³-hybridized carbons (Fsp3) is 0.656. The van der Waals surface area contributed by atoms with Crippen molar-refractivity contribution >= 4 is 5.78 Å². The van der Waals surface area contributed by atoms with E-state index in [0.717, 1.165) is 24.2 Å². The van der Waals surface area contributed by atoms with Gasteiger partial charge in [0.1, 0.15) is 30.4 Å². The first-order valence-electron chi connectivity index (χ1n) is 14.0. The van der Waals surface area contributed by atoms with Gasteiger partial charge in [-0.05, 0) is 56.2 Å². The second kappa shape index (κ2) is 11.8. The molecule has 216 valence electrons. The number of hydrogen-bond acceptors (Lipinski definition) is 7. The third-order valence-electron chi connectivity index (χ3n) is 9.15. The largest absolute Gasteiger partial charge is 0.497 e. The second-order valence-corrected chi connectivity index (χ2v) is 12.2. The third kappa shape index (κ3) is 5.89. The number of carbonyl (C=O) groups is 1. The Morgan fingerprint density at radius 3 is 2.44 bits per heavy atom. The van der Waals surface area contributed by atoms with E-state index in [1.54, 1.807) is 20.3 Å². The maximum absolute atomic E-state index is 14.3. The van der Waals surface area contributed by atoms with Gasteiger partial charge in [0.15, 0.2) is 11.6 Å². The van der Waals surface area contributed by atoms with E-state index in [1.807, 2.05) is 45.0 Å². The Balaban J connectivity index is 1.71. The first kappa shape index (κ1) is 29.9. The third-order valence-corrected chi connectivity index (χ3v) is 9.15. The summed E-state index contributed by atoms with van der Waals surface area (Å²) in [6.45, 7) is 15.2. The molecule has 1 unspecified atom stereocenters. The van der Waals surface area contributed by atoms with Gasteiger partial charge in [0.2, 0.25) is 0 Å². The van der Waals surface area contributed by atoms with E-state index in [2.05, 4.69) is 26.5 Å². The van der Waals surface area contributed by atoms with Gasteiger partial charge in [0, 0.05) is 24.9 Å². The van der Waals surface area contributed by atoms with Gasteiger partial charge < -0.3 is 28.4 Å². The predicted octanol–water partition coefficient (Wildman–Crippen LogP) is 5.86. The molecule has 0 N–H and O–H groups in total. The minimum Gasteiger partial charge on any atom is -0.497 e. The zero-order valence-corrected chi connectivity index (χ0v) is 24.7. The number of allylic oxidation sites excluding steroid dienone is 2. The van der Waals surface area contributed by atoms with Crippen LogP contribution in [0.3, 0.4) is 0 Å². The normalized spacial score (nSPS) is 32.6. The Morgan fingerprint density at radius 1 is 1.13 bits per heavy atom. The zero-order valence-electron chi connectivity index (χ0n) is 24.7. The van der Waals surface area contributed by atoms with Crippen molar-refractivity contribution in [2.45, 2.75) is 84.1 Å². The van der Waals surface area contributed by atoms with Crippen LogP contribution in [0.2, 0.25) is 0 Å². The highest BCUT2D eigenvalue weighted by Crippen LogP contribution is 2.53. The summed E-state index contributed by atoms with van der Waals surface area (Å²) >= 11 is 0. The van der Waals surface area contributed by atoms with Crippen molar-refractivity contribution in [2.24, 2.45) is 23.2 Å². The van der Waals surface area contributed by atoms with E-state index in [-0.39, 0.29) is 35.7 Å². The van der Waals surface area contributed by atoms with Crippen LogP contribution in [0.4, 0.5) is 0 Å². The Morgan fingerprint density at radius 2 is 1.85 bits per heavy atom. The molecule has 0 spiro atoms. The van der Waals surface area contributed by atoms with Gasteiger partial charge in [-0.1, -0.05) is 50.6 Å².